The molecule has 2 aromatic carbocycles. The van der Waals surface area contributed by atoms with Crippen molar-refractivity contribution in [3.63, 3.8) is 0 Å². The van der Waals surface area contributed by atoms with Gasteiger partial charge in [-0.3, -0.25) is 9.59 Å². The number of nitrogens with zero attached hydrogens (tertiary/aromatic N) is 1. The Balaban J connectivity index is 2.02. The van der Waals surface area contributed by atoms with Crippen molar-refractivity contribution in [2.75, 3.05) is 33.5 Å². The molecule has 0 spiro atoms. The minimum absolute atomic E-state index is 0.0786. The van der Waals surface area contributed by atoms with Gasteiger partial charge in [-0.1, -0.05) is 32.9 Å². The molecule has 1 aliphatic rings. The molecule has 1 amide bonds. The number of benzene rings is 2. The van der Waals surface area contributed by atoms with E-state index in [1.54, 1.807) is 25.3 Å². The second-order valence-electron chi connectivity index (χ2n) is 9.44. The van der Waals surface area contributed by atoms with Crippen molar-refractivity contribution in [2.45, 2.75) is 46.6 Å². The lowest BCUT2D eigenvalue weighted by molar-refractivity contribution is -0.140. The number of aryl methyl sites for hydroxylation is 1. The molecule has 0 aliphatic carbocycles. The van der Waals surface area contributed by atoms with Gasteiger partial charge in [-0.2, -0.15) is 0 Å². The van der Waals surface area contributed by atoms with E-state index in [4.69, 9.17) is 14.2 Å². The number of aliphatic hydroxyl groups excluding tert-OH is 1. The minimum Gasteiger partial charge on any atom is -0.507 e. The second kappa shape index (κ2) is 12.6. The Hall–Kier alpha value is -3.32. The molecule has 1 aliphatic heterocycles. The fourth-order valence-corrected chi connectivity index (χ4v) is 4.17. The van der Waals surface area contributed by atoms with Crippen molar-refractivity contribution >= 4 is 17.4 Å². The number of carbonyl (C=O) groups is 2. The Morgan fingerprint density at radius 2 is 1.78 bits per heavy atom. The highest BCUT2D eigenvalue weighted by molar-refractivity contribution is 6.46. The van der Waals surface area contributed by atoms with Crippen LogP contribution < -0.4 is 9.47 Å². The molecule has 1 heterocycles. The van der Waals surface area contributed by atoms with E-state index in [2.05, 4.69) is 13.8 Å². The standard InChI is InChI=1S/C29H37NO6/c1-6-15-35-23-11-8-21(9-12-23)26-25(28(32)29(33)30(26)14-7-16-34-5)27(31)22-10-13-24(20(4)17-22)36-18-19(2)3/h8-13,17,19,26,31H,6-7,14-16,18H2,1-5H3/b27-25-. The van der Waals surface area contributed by atoms with Crippen LogP contribution >= 0.6 is 0 Å². The van der Waals surface area contributed by atoms with Crippen LogP contribution in [-0.2, 0) is 14.3 Å². The molecule has 2 aromatic rings. The molecule has 7 heteroatoms. The first-order chi connectivity index (χ1) is 17.3. The van der Waals surface area contributed by atoms with Crippen LogP contribution in [0.5, 0.6) is 11.5 Å². The average Bonchev–Trinajstić information content (AvgIpc) is 3.11. The maximum absolute atomic E-state index is 13.2. The summed E-state index contributed by atoms with van der Waals surface area (Å²) in [6.07, 6.45) is 1.46. The van der Waals surface area contributed by atoms with E-state index in [0.29, 0.717) is 50.0 Å². The number of carbonyl (C=O) groups excluding carboxylic acids is 2. The second-order valence-corrected chi connectivity index (χ2v) is 9.44. The zero-order valence-corrected chi connectivity index (χ0v) is 21.9. The predicted octanol–water partition coefficient (Wildman–Crippen LogP) is 5.28. The number of aliphatic hydroxyl groups is 1. The highest BCUT2D eigenvalue weighted by Gasteiger charge is 2.45. The van der Waals surface area contributed by atoms with E-state index in [1.807, 2.05) is 38.1 Å². The fourth-order valence-electron chi connectivity index (χ4n) is 4.17. The van der Waals surface area contributed by atoms with Crippen molar-refractivity contribution in [2.24, 2.45) is 5.92 Å². The lowest BCUT2D eigenvalue weighted by atomic mass is 9.94. The van der Waals surface area contributed by atoms with E-state index < -0.39 is 17.7 Å². The number of Topliss-reactive ketones (excluding diaryl/α,β-unsaturated/α-hetero) is 1. The Kier molecular flexibility index (Phi) is 9.53. The monoisotopic (exact) mass is 495 g/mol. The molecule has 1 atom stereocenters. The number of methoxy groups -OCH3 is 1. The molecule has 0 bridgehead atoms. The minimum atomic E-state index is -0.709. The highest BCUT2D eigenvalue weighted by atomic mass is 16.5. The summed E-state index contributed by atoms with van der Waals surface area (Å²) in [5.74, 6) is 0.295. The van der Waals surface area contributed by atoms with Gasteiger partial charge in [0.15, 0.2) is 0 Å². The summed E-state index contributed by atoms with van der Waals surface area (Å²) in [5.41, 5.74) is 2.11. The van der Waals surface area contributed by atoms with Crippen LogP contribution in [0.1, 0.15) is 56.3 Å². The van der Waals surface area contributed by atoms with Gasteiger partial charge >= 0.3 is 0 Å². The average molecular weight is 496 g/mol. The molecule has 1 fully saturated rings. The quantitative estimate of drug-likeness (QED) is 0.187. The maximum atomic E-state index is 13.2. The fraction of sp³-hybridized carbons (Fsp3) is 0.448. The largest absolute Gasteiger partial charge is 0.507 e. The molecular weight excluding hydrogens is 458 g/mol. The number of rotatable bonds is 12. The van der Waals surface area contributed by atoms with Crippen LogP contribution in [0, 0.1) is 12.8 Å². The number of hydrogen-bond donors (Lipinski definition) is 1. The molecule has 1 N–H and O–H groups in total. The van der Waals surface area contributed by atoms with E-state index in [0.717, 1.165) is 23.3 Å². The van der Waals surface area contributed by atoms with E-state index >= 15 is 0 Å². The van der Waals surface area contributed by atoms with E-state index in [9.17, 15) is 14.7 Å². The SMILES string of the molecule is CCCOc1ccc(C2/C(=C(/O)c3ccc(OCC(C)C)c(C)c3)C(=O)C(=O)N2CCCOC)cc1. The Bertz CT molecular complexity index is 1090. The van der Waals surface area contributed by atoms with Gasteiger partial charge in [0.1, 0.15) is 17.3 Å². The van der Waals surface area contributed by atoms with Gasteiger partial charge < -0.3 is 24.2 Å². The molecule has 3 rings (SSSR count). The van der Waals surface area contributed by atoms with Crippen molar-refractivity contribution in [1.82, 2.24) is 4.90 Å². The third-order valence-electron chi connectivity index (χ3n) is 5.98. The lowest BCUT2D eigenvalue weighted by Crippen LogP contribution is -2.31. The third kappa shape index (κ3) is 6.26. The van der Waals surface area contributed by atoms with Gasteiger partial charge in [-0.25, -0.2) is 0 Å². The number of amides is 1. The Labute approximate surface area is 213 Å². The Morgan fingerprint density at radius 3 is 2.39 bits per heavy atom. The zero-order valence-electron chi connectivity index (χ0n) is 21.9. The van der Waals surface area contributed by atoms with Crippen LogP contribution in [0.25, 0.3) is 5.76 Å². The van der Waals surface area contributed by atoms with Gasteiger partial charge in [0.25, 0.3) is 11.7 Å². The summed E-state index contributed by atoms with van der Waals surface area (Å²) in [5, 5.41) is 11.3. The van der Waals surface area contributed by atoms with Gasteiger partial charge in [-0.05, 0) is 67.1 Å². The summed E-state index contributed by atoms with van der Waals surface area (Å²) < 4.78 is 16.7. The van der Waals surface area contributed by atoms with Crippen molar-refractivity contribution in [3.05, 3.63) is 64.7 Å². The van der Waals surface area contributed by atoms with Gasteiger partial charge in [0, 0.05) is 25.8 Å². The summed E-state index contributed by atoms with van der Waals surface area (Å²) in [6, 6.07) is 11.9. The molecule has 0 saturated carbocycles. The molecule has 36 heavy (non-hydrogen) atoms. The first-order valence-corrected chi connectivity index (χ1v) is 12.5. The molecule has 1 saturated heterocycles. The first kappa shape index (κ1) is 27.3. The van der Waals surface area contributed by atoms with Crippen LogP contribution in [0.15, 0.2) is 48.0 Å². The number of ether oxygens (including phenoxy) is 3. The lowest BCUT2D eigenvalue weighted by Gasteiger charge is -2.25. The highest BCUT2D eigenvalue weighted by Crippen LogP contribution is 2.40. The van der Waals surface area contributed by atoms with Crippen molar-refractivity contribution < 1.29 is 28.9 Å². The number of likely N-dealkylation sites (tertiary alicyclic amines) is 1. The van der Waals surface area contributed by atoms with Gasteiger partial charge in [0.05, 0.1) is 24.8 Å². The van der Waals surface area contributed by atoms with Crippen LogP contribution in [0.3, 0.4) is 0 Å². The summed E-state index contributed by atoms with van der Waals surface area (Å²) in [6.45, 7) is 10.0. The normalized spacial score (nSPS) is 17.2. The van der Waals surface area contributed by atoms with Gasteiger partial charge in [-0.15, -0.1) is 0 Å². The van der Waals surface area contributed by atoms with Gasteiger partial charge in [0.2, 0.25) is 0 Å². The molecule has 194 valence electrons. The third-order valence-corrected chi connectivity index (χ3v) is 5.98. The molecule has 7 nitrogen and oxygen atoms in total. The van der Waals surface area contributed by atoms with Crippen LogP contribution in [0.4, 0.5) is 0 Å². The smallest absolute Gasteiger partial charge is 0.295 e. The first-order valence-electron chi connectivity index (χ1n) is 12.5. The molecule has 1 unspecified atom stereocenters. The topological polar surface area (TPSA) is 85.3 Å². The van der Waals surface area contributed by atoms with Crippen LogP contribution in [0.2, 0.25) is 0 Å². The van der Waals surface area contributed by atoms with Crippen molar-refractivity contribution in [3.8, 4) is 11.5 Å². The van der Waals surface area contributed by atoms with E-state index in [1.165, 1.54) is 4.90 Å². The van der Waals surface area contributed by atoms with Crippen LogP contribution in [-0.4, -0.2) is 55.2 Å². The number of ketones is 1. The predicted molar refractivity (Wildman–Crippen MR) is 139 cm³/mol. The zero-order chi connectivity index (χ0) is 26.2. The number of hydrogen-bond acceptors (Lipinski definition) is 6. The molecule has 0 radical (unpaired) electrons. The maximum Gasteiger partial charge on any atom is 0.295 e. The molecule has 0 aromatic heterocycles. The summed E-state index contributed by atoms with van der Waals surface area (Å²) in [4.78, 5) is 27.8. The Morgan fingerprint density at radius 1 is 1.06 bits per heavy atom. The summed E-state index contributed by atoms with van der Waals surface area (Å²) >= 11 is 0. The molecular formula is C29H37NO6. The summed E-state index contributed by atoms with van der Waals surface area (Å²) in [7, 11) is 1.59. The van der Waals surface area contributed by atoms with Crippen molar-refractivity contribution in [1.29, 1.82) is 0 Å². The van der Waals surface area contributed by atoms with E-state index in [-0.39, 0.29) is 11.3 Å².